The normalized spacial score (nSPS) is 18.7. The van der Waals surface area contributed by atoms with Gasteiger partial charge in [0, 0.05) is 6.61 Å². The fourth-order valence-electron chi connectivity index (χ4n) is 5.93. The Morgan fingerprint density at radius 1 is 0.932 bits per heavy atom. The molecule has 44 heavy (non-hydrogen) atoms. The van der Waals surface area contributed by atoms with E-state index in [1.807, 2.05) is 69.3 Å². The van der Waals surface area contributed by atoms with Gasteiger partial charge in [-0.15, -0.1) is 0 Å². The van der Waals surface area contributed by atoms with Crippen LogP contribution in [0.4, 0.5) is 0 Å². The van der Waals surface area contributed by atoms with E-state index in [2.05, 4.69) is 45.0 Å². The van der Waals surface area contributed by atoms with Crippen molar-refractivity contribution >= 4 is 28.5 Å². The smallest absolute Gasteiger partial charge is 0.261 e. The van der Waals surface area contributed by atoms with Crippen LogP contribution in [0.5, 0.6) is 0 Å². The number of sulfone groups is 1. The summed E-state index contributed by atoms with van der Waals surface area (Å²) in [7, 11) is -6.49. The largest absolute Gasteiger partial charge is 0.405 e. The lowest BCUT2D eigenvalue weighted by Crippen LogP contribution is -2.67. The van der Waals surface area contributed by atoms with Gasteiger partial charge < -0.3 is 23.7 Å². The van der Waals surface area contributed by atoms with E-state index < -0.39 is 42.3 Å². The van der Waals surface area contributed by atoms with E-state index in [1.54, 1.807) is 12.1 Å². The molecule has 3 aromatic rings. The average Bonchev–Trinajstić information content (AvgIpc) is 3.35. The second-order valence-corrected chi connectivity index (χ2v) is 19.5. The van der Waals surface area contributed by atoms with Crippen molar-refractivity contribution in [2.45, 2.75) is 88.4 Å². The highest BCUT2D eigenvalue weighted by Crippen LogP contribution is 2.37. The van der Waals surface area contributed by atoms with Gasteiger partial charge in [0.15, 0.2) is 15.6 Å². The highest BCUT2D eigenvalue weighted by atomic mass is 32.2. The first-order valence-corrected chi connectivity index (χ1v) is 19.0. The molecule has 1 aliphatic heterocycles. The standard InChI is InChI=1S/C35H48O7SSi/c1-27-17-19-29(20-18-27)43(37,38)24-22-28(41-32(21-23-36)33-26-39-35(5,6)42-33)25-40-44(34(2,3)4,30-13-9-7-10-14-30)31-15-11-8-12-16-31/h7-20,28,32-33,36H,21-26H2,1-6H3/t28-,32-,33+/m0/s1. The molecule has 240 valence electrons. The van der Waals surface area contributed by atoms with Gasteiger partial charge in [0.1, 0.15) is 6.10 Å². The lowest BCUT2D eigenvalue weighted by molar-refractivity contribution is -0.166. The number of aliphatic hydroxyl groups excluding tert-OH is 1. The summed E-state index contributed by atoms with van der Waals surface area (Å²) >= 11 is 0. The highest BCUT2D eigenvalue weighted by Gasteiger charge is 2.50. The van der Waals surface area contributed by atoms with Crippen LogP contribution in [0.3, 0.4) is 0 Å². The Morgan fingerprint density at radius 3 is 1.98 bits per heavy atom. The molecular formula is C35H48O7SSi. The van der Waals surface area contributed by atoms with E-state index >= 15 is 0 Å². The van der Waals surface area contributed by atoms with Gasteiger partial charge in [-0.1, -0.05) is 99.1 Å². The molecule has 0 bridgehead atoms. The lowest BCUT2D eigenvalue weighted by Gasteiger charge is -2.44. The summed E-state index contributed by atoms with van der Waals surface area (Å²) in [5.74, 6) is -0.873. The Labute approximate surface area is 264 Å². The third-order valence-electron chi connectivity index (χ3n) is 8.22. The number of rotatable bonds is 14. The minimum Gasteiger partial charge on any atom is -0.405 e. The molecule has 9 heteroatoms. The maximum Gasteiger partial charge on any atom is 0.261 e. The van der Waals surface area contributed by atoms with Crippen molar-refractivity contribution in [3.63, 3.8) is 0 Å². The summed E-state index contributed by atoms with van der Waals surface area (Å²) in [6, 6.07) is 27.6. The highest BCUT2D eigenvalue weighted by molar-refractivity contribution is 7.91. The molecule has 1 aliphatic rings. The van der Waals surface area contributed by atoms with Gasteiger partial charge in [0.2, 0.25) is 0 Å². The van der Waals surface area contributed by atoms with Crippen LogP contribution in [0.25, 0.3) is 0 Å². The van der Waals surface area contributed by atoms with Crippen molar-refractivity contribution in [2.75, 3.05) is 25.6 Å². The summed E-state index contributed by atoms with van der Waals surface area (Å²) in [5.41, 5.74) is 0.998. The van der Waals surface area contributed by atoms with Gasteiger partial charge >= 0.3 is 0 Å². The predicted octanol–water partition coefficient (Wildman–Crippen LogP) is 5.02. The van der Waals surface area contributed by atoms with Crippen LogP contribution in [0, 0.1) is 6.92 Å². The molecule has 1 heterocycles. The molecule has 0 radical (unpaired) electrons. The number of aryl methyl sites for hydroxylation is 1. The van der Waals surface area contributed by atoms with Crippen LogP contribution < -0.4 is 10.4 Å². The lowest BCUT2D eigenvalue weighted by atomic mass is 10.1. The summed E-state index contributed by atoms with van der Waals surface area (Å²) in [4.78, 5) is 0.288. The zero-order chi connectivity index (χ0) is 32.0. The van der Waals surface area contributed by atoms with E-state index in [4.69, 9.17) is 18.6 Å². The minimum atomic E-state index is -3.57. The first kappa shape index (κ1) is 34.5. The van der Waals surface area contributed by atoms with Gasteiger partial charge in [0.25, 0.3) is 8.32 Å². The van der Waals surface area contributed by atoms with Crippen LogP contribution >= 0.6 is 0 Å². The Kier molecular flexibility index (Phi) is 11.3. The molecule has 0 saturated carbocycles. The SMILES string of the molecule is Cc1ccc(S(=O)(=O)CC[C@@H](CO[Si](c2ccccc2)(c2ccccc2)C(C)(C)C)O[C@@H](CCO)[C@H]2COC(C)(C)O2)cc1. The number of hydrogen-bond donors (Lipinski definition) is 1. The Hall–Kier alpha value is -2.37. The molecule has 3 aromatic carbocycles. The molecular weight excluding hydrogens is 593 g/mol. The average molecular weight is 641 g/mol. The van der Waals surface area contributed by atoms with Crippen molar-refractivity contribution in [2.24, 2.45) is 0 Å². The summed E-state index contributed by atoms with van der Waals surface area (Å²) in [6.07, 6.45) is -0.948. The Morgan fingerprint density at radius 2 is 1.50 bits per heavy atom. The molecule has 1 saturated heterocycles. The summed E-state index contributed by atoms with van der Waals surface area (Å²) in [5, 5.41) is 11.9. The second-order valence-electron chi connectivity index (χ2n) is 13.1. The number of aliphatic hydroxyl groups is 1. The van der Waals surface area contributed by atoms with Crippen molar-refractivity contribution in [3.05, 3.63) is 90.5 Å². The molecule has 0 spiro atoms. The van der Waals surface area contributed by atoms with Gasteiger partial charge in [0.05, 0.1) is 36.1 Å². The van der Waals surface area contributed by atoms with Gasteiger partial charge in [-0.2, -0.15) is 0 Å². The minimum absolute atomic E-state index is 0.102. The first-order valence-electron chi connectivity index (χ1n) is 15.4. The molecule has 4 rings (SSSR count). The quantitative estimate of drug-likeness (QED) is 0.248. The molecule has 3 atom stereocenters. The Balaban J connectivity index is 1.68. The van der Waals surface area contributed by atoms with E-state index in [0.717, 1.165) is 15.9 Å². The topological polar surface area (TPSA) is 91.3 Å². The van der Waals surface area contributed by atoms with Crippen LogP contribution in [-0.2, 0) is 28.5 Å². The van der Waals surface area contributed by atoms with Gasteiger partial charge in [-0.05, 0) is 61.2 Å². The molecule has 0 unspecified atom stereocenters. The zero-order valence-electron chi connectivity index (χ0n) is 26.9. The number of hydrogen-bond acceptors (Lipinski definition) is 7. The van der Waals surface area contributed by atoms with Gasteiger partial charge in [-0.3, -0.25) is 0 Å². The fourth-order valence-corrected chi connectivity index (χ4v) is 11.9. The molecule has 7 nitrogen and oxygen atoms in total. The summed E-state index contributed by atoms with van der Waals surface area (Å²) in [6.45, 7) is 12.6. The predicted molar refractivity (Wildman–Crippen MR) is 177 cm³/mol. The van der Waals surface area contributed by atoms with E-state index in [0.29, 0.717) is 13.0 Å². The number of ether oxygens (including phenoxy) is 3. The van der Waals surface area contributed by atoms with Gasteiger partial charge in [-0.25, -0.2) is 8.42 Å². The first-order chi connectivity index (χ1) is 20.8. The maximum atomic E-state index is 13.4. The van der Waals surface area contributed by atoms with Crippen molar-refractivity contribution in [1.82, 2.24) is 0 Å². The number of benzene rings is 3. The third kappa shape index (κ3) is 8.26. The zero-order valence-corrected chi connectivity index (χ0v) is 28.7. The molecule has 0 amide bonds. The summed E-state index contributed by atoms with van der Waals surface area (Å²) < 4.78 is 52.6. The van der Waals surface area contributed by atoms with Crippen LogP contribution in [0.1, 0.15) is 53.0 Å². The monoisotopic (exact) mass is 640 g/mol. The second kappa shape index (κ2) is 14.4. The van der Waals surface area contributed by atoms with Crippen LogP contribution in [0.15, 0.2) is 89.8 Å². The van der Waals surface area contributed by atoms with E-state index in [-0.39, 0.29) is 35.3 Å². The van der Waals surface area contributed by atoms with Crippen molar-refractivity contribution in [1.29, 1.82) is 0 Å². The molecule has 1 N–H and O–H groups in total. The van der Waals surface area contributed by atoms with Crippen molar-refractivity contribution in [3.8, 4) is 0 Å². The van der Waals surface area contributed by atoms with Crippen molar-refractivity contribution < 1.29 is 32.2 Å². The van der Waals surface area contributed by atoms with E-state index in [1.165, 1.54) is 0 Å². The molecule has 1 fully saturated rings. The molecule has 0 aliphatic carbocycles. The fraction of sp³-hybridized carbons (Fsp3) is 0.486. The van der Waals surface area contributed by atoms with Crippen LogP contribution in [0.2, 0.25) is 5.04 Å². The van der Waals surface area contributed by atoms with E-state index in [9.17, 15) is 13.5 Å². The third-order valence-corrected chi connectivity index (χ3v) is 15.0. The molecule has 0 aromatic heterocycles. The van der Waals surface area contributed by atoms with Crippen LogP contribution in [-0.4, -0.2) is 71.5 Å². The maximum absolute atomic E-state index is 13.4. The Bertz CT molecular complexity index is 1380.